The molecule has 0 unspecified atom stereocenters. The van der Waals surface area contributed by atoms with Crippen molar-refractivity contribution in [2.24, 2.45) is 5.41 Å². The van der Waals surface area contributed by atoms with Crippen molar-refractivity contribution in [1.29, 1.82) is 0 Å². The van der Waals surface area contributed by atoms with Gasteiger partial charge in [-0.1, -0.05) is 121 Å². The number of rotatable bonds is 5. The van der Waals surface area contributed by atoms with E-state index in [4.69, 9.17) is 26.5 Å². The molecule has 0 aliphatic carbocycles. The van der Waals surface area contributed by atoms with E-state index < -0.39 is 16.8 Å². The monoisotopic (exact) mass is 812 g/mol. The highest BCUT2D eigenvalue weighted by molar-refractivity contribution is 7.42. The van der Waals surface area contributed by atoms with Gasteiger partial charge in [0.15, 0.2) is 0 Å². The van der Waals surface area contributed by atoms with E-state index in [1.165, 1.54) is 11.1 Å². The van der Waals surface area contributed by atoms with Gasteiger partial charge >= 0.3 is 16.8 Å². The molecule has 1 aromatic heterocycles. The van der Waals surface area contributed by atoms with Crippen molar-refractivity contribution >= 4 is 38.8 Å². The molecule has 1 aliphatic heterocycles. The lowest BCUT2D eigenvalue weighted by atomic mass is 9.80. The molecule has 5 aromatic rings. The molecule has 6 rings (SSSR count). The molecule has 1 saturated heterocycles. The van der Waals surface area contributed by atoms with Gasteiger partial charge in [0.2, 0.25) is 0 Å². The Kier molecular flexibility index (Phi) is 11.5. The minimum absolute atomic E-state index is 0.0838. The van der Waals surface area contributed by atoms with E-state index in [0.29, 0.717) is 19.0 Å². The lowest BCUT2D eigenvalue weighted by molar-refractivity contribution is 0.0425. The molecular weight excluding hydrogens is 746 g/mol. The van der Waals surface area contributed by atoms with Gasteiger partial charge in [-0.25, -0.2) is 0 Å². The normalized spacial score (nSPS) is 15.7. The summed E-state index contributed by atoms with van der Waals surface area (Å²) in [6.45, 7) is 40.8. The molecule has 6 nitrogen and oxygen atoms in total. The van der Waals surface area contributed by atoms with Crippen LogP contribution in [-0.4, -0.2) is 13.2 Å². The number of benzene rings is 4. The third-order valence-electron chi connectivity index (χ3n) is 10.5. The summed E-state index contributed by atoms with van der Waals surface area (Å²) < 4.78 is 41.2. The second-order valence-electron chi connectivity index (χ2n) is 21.3. The third kappa shape index (κ3) is 9.31. The van der Waals surface area contributed by atoms with E-state index >= 15 is 0 Å². The summed E-state index contributed by atoms with van der Waals surface area (Å²) in [6.07, 6.45) is 0. The zero-order valence-electron chi connectivity index (χ0n) is 37.9. The highest BCUT2D eigenvalue weighted by Gasteiger charge is 2.35. The lowest BCUT2D eigenvalue weighted by Crippen LogP contribution is -2.29. The van der Waals surface area contributed by atoms with Gasteiger partial charge in [-0.05, 0) is 95.9 Å². The molecule has 0 bridgehead atoms. The Morgan fingerprint density at radius 3 is 1.18 bits per heavy atom. The molecule has 0 N–H and O–H groups in total. The summed E-state index contributed by atoms with van der Waals surface area (Å²) in [5, 5.41) is 2.06. The quantitative estimate of drug-likeness (QED) is 0.165. The minimum Gasteiger partial charge on any atom is -0.426 e. The second kappa shape index (κ2) is 15.1. The lowest BCUT2D eigenvalue weighted by Gasteiger charge is -2.34. The maximum absolute atomic E-state index is 7.39. The maximum Gasteiger partial charge on any atom is 0.453 e. The first-order valence-electron chi connectivity index (χ1n) is 20.3. The van der Waals surface area contributed by atoms with Crippen molar-refractivity contribution in [2.75, 3.05) is 13.2 Å². The molecule has 1 fully saturated rings. The zero-order chi connectivity index (χ0) is 42.2. The van der Waals surface area contributed by atoms with Crippen LogP contribution in [0.1, 0.15) is 141 Å². The summed E-state index contributed by atoms with van der Waals surface area (Å²) >= 11 is 0. The molecule has 1 aliphatic rings. The van der Waals surface area contributed by atoms with E-state index in [2.05, 4.69) is 173 Å². The van der Waals surface area contributed by atoms with Crippen molar-refractivity contribution in [2.45, 2.75) is 146 Å². The van der Waals surface area contributed by atoms with Gasteiger partial charge in [-0.2, -0.15) is 0 Å². The number of hydrogen-bond acceptors (Lipinski definition) is 6. The van der Waals surface area contributed by atoms with E-state index in [1.54, 1.807) is 0 Å². The Labute approximate surface area is 344 Å². The van der Waals surface area contributed by atoms with Crippen molar-refractivity contribution in [1.82, 2.24) is 0 Å². The number of aryl methyl sites for hydroxylation is 4. The van der Waals surface area contributed by atoms with Gasteiger partial charge in [0.25, 0.3) is 0 Å². The van der Waals surface area contributed by atoms with Gasteiger partial charge in [0.05, 0.1) is 13.2 Å². The van der Waals surface area contributed by atoms with Gasteiger partial charge in [-0.15, -0.1) is 0 Å². The van der Waals surface area contributed by atoms with Gasteiger partial charge in [-0.3, -0.25) is 0 Å². The van der Waals surface area contributed by atoms with Crippen LogP contribution < -0.4 is 9.05 Å². The van der Waals surface area contributed by atoms with Crippen molar-refractivity contribution in [3.05, 3.63) is 93.0 Å². The predicted molar refractivity (Wildman–Crippen MR) is 241 cm³/mol. The van der Waals surface area contributed by atoms with Crippen molar-refractivity contribution < 1.29 is 26.5 Å². The van der Waals surface area contributed by atoms with Crippen LogP contribution >= 0.6 is 16.8 Å². The molecule has 57 heavy (non-hydrogen) atoms. The minimum atomic E-state index is -2.03. The maximum atomic E-state index is 7.39. The van der Waals surface area contributed by atoms with Crippen molar-refractivity contribution in [3.63, 3.8) is 0 Å². The summed E-state index contributed by atoms with van der Waals surface area (Å²) in [7, 11) is -3.67. The van der Waals surface area contributed by atoms with Crippen LogP contribution in [0.25, 0.3) is 33.1 Å². The fourth-order valence-electron chi connectivity index (χ4n) is 7.46. The fourth-order valence-corrected chi connectivity index (χ4v) is 10.0. The van der Waals surface area contributed by atoms with Crippen LogP contribution in [0.5, 0.6) is 11.5 Å². The third-order valence-corrected chi connectivity index (χ3v) is 12.5. The largest absolute Gasteiger partial charge is 0.453 e. The highest BCUT2D eigenvalue weighted by atomic mass is 31.2. The van der Waals surface area contributed by atoms with Crippen LogP contribution in [0, 0.1) is 33.1 Å². The molecule has 308 valence electrons. The molecule has 0 radical (unpaired) electrons. The fraction of sp³-hybridized carbons (Fsp3) is 0.510. The summed E-state index contributed by atoms with van der Waals surface area (Å²) in [6, 6.07) is 17.8. The first-order chi connectivity index (χ1) is 26.1. The summed E-state index contributed by atoms with van der Waals surface area (Å²) in [4.78, 5) is 0. The van der Waals surface area contributed by atoms with Gasteiger partial charge in [0, 0.05) is 49.6 Å². The van der Waals surface area contributed by atoms with Crippen LogP contribution in [0.15, 0.2) is 56.9 Å². The molecule has 2 heterocycles. The standard InChI is InChI=1S/C49H66O6P2/c1-29-19-33(41(37(23-29)45(5,6)7)52-56-50-27-49(17,18)28-51-56)34-20-30(2)24-38(46(8,9)10)42(34)53-57-54-43-35(21-31(3)25-39(43)47(11,12)13)36-22-32(4)26-40(44(36)55-57)48(14,15)16/h19-26H,27-28H2,1-18H3. The molecule has 0 saturated carbocycles. The Balaban J connectivity index is 1.72. The zero-order valence-corrected chi connectivity index (χ0v) is 39.7. The van der Waals surface area contributed by atoms with Crippen LogP contribution in [0.3, 0.4) is 0 Å². The molecule has 8 heteroatoms. The van der Waals surface area contributed by atoms with Crippen LogP contribution in [0.2, 0.25) is 0 Å². The molecular formula is C49H66O6P2. The Hall–Kier alpha value is -3.27. The summed E-state index contributed by atoms with van der Waals surface area (Å²) in [5.74, 6) is 1.46. The Morgan fingerprint density at radius 1 is 0.474 bits per heavy atom. The van der Waals surface area contributed by atoms with Crippen LogP contribution in [-0.2, 0) is 30.7 Å². The van der Waals surface area contributed by atoms with E-state index in [1.807, 2.05) is 0 Å². The van der Waals surface area contributed by atoms with E-state index in [0.717, 1.165) is 72.2 Å². The van der Waals surface area contributed by atoms with Crippen molar-refractivity contribution in [3.8, 4) is 22.6 Å². The first kappa shape index (κ1) is 43.3. The SMILES string of the molecule is Cc1cc(-c2cc(C)cc(C(C)(C)C)c2Op2oc3c(C(C)(C)C)cc(C)cc3c3cc(C)cc(C(C)(C)C)c3o2)c(OP2OCC(C)(C)CO2)c(C(C)(C)C)c1. The first-order valence-corrected chi connectivity index (χ1v) is 22.5. The topological polar surface area (TPSA) is 63.2 Å². The second-order valence-corrected chi connectivity index (χ2v) is 23.4. The molecule has 0 spiro atoms. The Bertz CT molecular complexity index is 2280. The van der Waals surface area contributed by atoms with E-state index in [9.17, 15) is 0 Å². The van der Waals surface area contributed by atoms with Gasteiger partial charge in [0.1, 0.15) is 22.7 Å². The van der Waals surface area contributed by atoms with Crippen LogP contribution in [0.4, 0.5) is 0 Å². The number of hydrogen-bond donors (Lipinski definition) is 0. The smallest absolute Gasteiger partial charge is 0.426 e. The van der Waals surface area contributed by atoms with E-state index in [-0.39, 0.29) is 27.1 Å². The highest BCUT2D eigenvalue weighted by Crippen LogP contribution is 2.55. The van der Waals surface area contributed by atoms with Gasteiger partial charge < -0.3 is 26.5 Å². The predicted octanol–water partition coefficient (Wildman–Crippen LogP) is 15.9. The average molecular weight is 813 g/mol. The summed E-state index contributed by atoms with van der Waals surface area (Å²) in [5.41, 5.74) is 11.4. The Morgan fingerprint density at radius 2 is 0.807 bits per heavy atom. The molecule has 0 atom stereocenters. The average Bonchev–Trinajstić information content (AvgIpc) is 3.20. The molecule has 0 amide bonds. The number of fused-ring (bicyclic) bond motifs is 3. The molecule has 4 aromatic carbocycles.